The minimum Gasteiger partial charge on any atom is -0.396 e. The highest BCUT2D eigenvalue weighted by molar-refractivity contribution is 5.21. The first-order valence-electron chi connectivity index (χ1n) is 14.8. The van der Waals surface area contributed by atoms with Gasteiger partial charge >= 0.3 is 0 Å². The van der Waals surface area contributed by atoms with Crippen molar-refractivity contribution in [3.63, 3.8) is 0 Å². The predicted molar refractivity (Wildman–Crippen MR) is 140 cm³/mol. The van der Waals surface area contributed by atoms with E-state index < -0.39 is 0 Å². The van der Waals surface area contributed by atoms with Crippen LogP contribution in [0.4, 0.5) is 0 Å². The number of rotatable bonds is 2. The van der Waals surface area contributed by atoms with Crippen LogP contribution < -0.4 is 0 Å². The van der Waals surface area contributed by atoms with Gasteiger partial charge in [-0.1, -0.05) is 62.3 Å². The summed E-state index contributed by atoms with van der Waals surface area (Å²) in [5, 5.41) is 10.1. The van der Waals surface area contributed by atoms with Gasteiger partial charge in [-0.15, -0.1) is 0 Å². The number of hydrogen-bond donors (Lipinski definition) is 1. The minimum absolute atomic E-state index is 0.367. The van der Waals surface area contributed by atoms with Crippen LogP contribution in [0, 0.1) is 68.0 Å². The van der Waals surface area contributed by atoms with Crippen molar-refractivity contribution in [2.24, 2.45) is 68.0 Å². The molecule has 5 aliphatic carbocycles. The molecule has 5 fully saturated rings. The molecule has 0 aromatic heterocycles. The average molecular weight is 457 g/mol. The lowest BCUT2D eigenvalue weighted by Crippen LogP contribution is -2.67. The Hall–Kier alpha value is -0.0400. The summed E-state index contributed by atoms with van der Waals surface area (Å²) in [6.45, 7) is 24.1. The van der Waals surface area contributed by atoms with Gasteiger partial charge in [0, 0.05) is 6.61 Å². The van der Waals surface area contributed by atoms with Gasteiger partial charge < -0.3 is 5.11 Å². The molecule has 0 heterocycles. The summed E-state index contributed by atoms with van der Waals surface area (Å²) in [7, 11) is 0. The topological polar surface area (TPSA) is 20.2 Å². The van der Waals surface area contributed by atoms with E-state index >= 15 is 0 Å². The van der Waals surface area contributed by atoms with Gasteiger partial charge in [-0.2, -0.15) is 0 Å². The average Bonchev–Trinajstić information content (AvgIpc) is 3.03. The molecular formula is C32H56O. The summed E-state index contributed by atoms with van der Waals surface area (Å²) in [6, 6.07) is 0. The van der Waals surface area contributed by atoms with Gasteiger partial charge in [0.25, 0.3) is 0 Å². The summed E-state index contributed by atoms with van der Waals surface area (Å²) in [5.41, 5.74) is 2.84. The highest BCUT2D eigenvalue weighted by atomic mass is 16.3. The Morgan fingerprint density at radius 3 is 1.85 bits per heavy atom. The lowest BCUT2D eigenvalue weighted by atomic mass is 9.30. The van der Waals surface area contributed by atoms with Crippen molar-refractivity contribution in [1.29, 1.82) is 0 Å². The van der Waals surface area contributed by atoms with Crippen LogP contribution in [-0.2, 0) is 0 Å². The third-order valence-corrected chi connectivity index (χ3v) is 15.4. The third kappa shape index (κ3) is 2.76. The Balaban J connectivity index is 1.53. The largest absolute Gasteiger partial charge is 0.396 e. The maximum Gasteiger partial charge on any atom is 0.0459 e. The van der Waals surface area contributed by atoms with Crippen molar-refractivity contribution in [2.45, 2.75) is 127 Å². The normalized spacial score (nSPS) is 58.5. The SMILES string of the molecule is C[C@@H]1CC[C@]2(C)[C@H]3CC[C@@H]4[C@@]5(C)CC[C@H]([C@@H](C)CO)[C@@]5(C)CC[C@@]4(C)[C@]3(C)CC[C@H]2C1(C)C. The molecule has 0 amide bonds. The summed E-state index contributed by atoms with van der Waals surface area (Å²) < 4.78 is 0. The van der Waals surface area contributed by atoms with E-state index in [0.29, 0.717) is 50.9 Å². The number of fused-ring (bicyclic) bond motifs is 7. The van der Waals surface area contributed by atoms with Crippen LogP contribution in [0.15, 0.2) is 0 Å². The summed E-state index contributed by atoms with van der Waals surface area (Å²) in [5.74, 6) is 4.68. The molecule has 0 radical (unpaired) electrons. The molecule has 0 aromatic carbocycles. The Kier molecular flexibility index (Phi) is 5.42. The zero-order valence-corrected chi connectivity index (χ0v) is 23.7. The highest BCUT2D eigenvalue weighted by Crippen LogP contribution is 2.80. The highest BCUT2D eigenvalue weighted by Gasteiger charge is 2.72. The standard InChI is InChI=1S/C32H56O/c1-21(20-33)23-13-16-31(8)26-11-10-25-28(5)15-12-22(2)27(3,4)24(28)14-17-30(25,7)32(26,9)19-18-29(23,31)6/h21-26,33H,10-20H2,1-9H3/t21-,22+,23+,24-,25+,26+,28-,29+,30+,31+,32+/m0/s1. The molecule has 0 spiro atoms. The monoisotopic (exact) mass is 456 g/mol. The van der Waals surface area contributed by atoms with E-state index in [2.05, 4.69) is 62.3 Å². The molecule has 190 valence electrons. The van der Waals surface area contributed by atoms with Crippen LogP contribution in [0.3, 0.4) is 0 Å². The lowest BCUT2D eigenvalue weighted by Gasteiger charge is -2.74. The van der Waals surface area contributed by atoms with E-state index in [9.17, 15) is 5.11 Å². The zero-order chi connectivity index (χ0) is 24.2. The summed E-state index contributed by atoms with van der Waals surface area (Å²) in [6.07, 6.45) is 14.3. The van der Waals surface area contributed by atoms with Gasteiger partial charge in [-0.3, -0.25) is 0 Å². The van der Waals surface area contributed by atoms with E-state index in [1.54, 1.807) is 0 Å². The molecule has 5 saturated carbocycles. The van der Waals surface area contributed by atoms with Crippen molar-refractivity contribution in [3.8, 4) is 0 Å². The second kappa shape index (κ2) is 7.26. The van der Waals surface area contributed by atoms with Crippen molar-refractivity contribution in [2.75, 3.05) is 6.61 Å². The van der Waals surface area contributed by atoms with E-state index in [-0.39, 0.29) is 0 Å². The van der Waals surface area contributed by atoms with Crippen molar-refractivity contribution >= 4 is 0 Å². The van der Waals surface area contributed by atoms with Crippen LogP contribution >= 0.6 is 0 Å². The van der Waals surface area contributed by atoms with E-state index in [0.717, 1.165) is 23.7 Å². The molecule has 11 atom stereocenters. The quantitative estimate of drug-likeness (QED) is 0.440. The molecule has 33 heavy (non-hydrogen) atoms. The minimum atomic E-state index is 0.367. The molecule has 0 aliphatic heterocycles. The molecule has 5 aliphatic rings. The first kappa shape index (κ1) is 24.6. The molecule has 1 heteroatoms. The maximum atomic E-state index is 10.1. The van der Waals surface area contributed by atoms with Crippen molar-refractivity contribution < 1.29 is 5.11 Å². The van der Waals surface area contributed by atoms with Crippen LogP contribution in [0.1, 0.15) is 127 Å². The number of aliphatic hydroxyl groups is 1. The number of hydrogen-bond acceptors (Lipinski definition) is 1. The Bertz CT molecular complexity index is 785. The Morgan fingerprint density at radius 2 is 1.18 bits per heavy atom. The molecule has 0 saturated heterocycles. The Labute approximate surface area is 206 Å². The maximum absolute atomic E-state index is 10.1. The van der Waals surface area contributed by atoms with Crippen molar-refractivity contribution in [1.82, 2.24) is 0 Å². The fourth-order valence-corrected chi connectivity index (χ4v) is 12.7. The van der Waals surface area contributed by atoms with Crippen LogP contribution in [0.25, 0.3) is 0 Å². The lowest BCUT2D eigenvalue weighted by molar-refractivity contribution is -0.258. The molecule has 5 rings (SSSR count). The van der Waals surface area contributed by atoms with E-state index in [1.807, 2.05) is 0 Å². The number of aliphatic hydroxyl groups excluding tert-OH is 1. The summed E-state index contributed by atoms with van der Waals surface area (Å²) in [4.78, 5) is 0. The molecule has 0 bridgehead atoms. The van der Waals surface area contributed by atoms with Gasteiger partial charge in [0.15, 0.2) is 0 Å². The predicted octanol–water partition coefficient (Wildman–Crippen LogP) is 8.74. The first-order chi connectivity index (χ1) is 15.2. The summed E-state index contributed by atoms with van der Waals surface area (Å²) >= 11 is 0. The van der Waals surface area contributed by atoms with E-state index in [1.165, 1.54) is 64.2 Å². The van der Waals surface area contributed by atoms with Crippen LogP contribution in [0.2, 0.25) is 0 Å². The smallest absolute Gasteiger partial charge is 0.0459 e. The second-order valence-electron chi connectivity index (χ2n) is 16.0. The van der Waals surface area contributed by atoms with Crippen molar-refractivity contribution in [3.05, 3.63) is 0 Å². The molecular weight excluding hydrogens is 400 g/mol. The van der Waals surface area contributed by atoms with Crippen LogP contribution in [0.5, 0.6) is 0 Å². The molecule has 0 aromatic rings. The van der Waals surface area contributed by atoms with Gasteiger partial charge in [0.2, 0.25) is 0 Å². The van der Waals surface area contributed by atoms with Crippen LogP contribution in [-0.4, -0.2) is 11.7 Å². The molecule has 0 unspecified atom stereocenters. The van der Waals surface area contributed by atoms with E-state index in [4.69, 9.17) is 0 Å². The zero-order valence-electron chi connectivity index (χ0n) is 23.7. The van der Waals surface area contributed by atoms with Gasteiger partial charge in [0.05, 0.1) is 0 Å². The fourth-order valence-electron chi connectivity index (χ4n) is 12.7. The molecule has 1 N–H and O–H groups in total. The first-order valence-corrected chi connectivity index (χ1v) is 14.8. The fraction of sp³-hybridized carbons (Fsp3) is 1.00. The Morgan fingerprint density at radius 1 is 0.636 bits per heavy atom. The van der Waals surface area contributed by atoms with Gasteiger partial charge in [-0.05, 0) is 132 Å². The second-order valence-corrected chi connectivity index (χ2v) is 16.0. The molecule has 1 nitrogen and oxygen atoms in total. The third-order valence-electron chi connectivity index (χ3n) is 15.4. The van der Waals surface area contributed by atoms with Gasteiger partial charge in [0.1, 0.15) is 0 Å². The van der Waals surface area contributed by atoms with Gasteiger partial charge in [-0.25, -0.2) is 0 Å².